The maximum atomic E-state index is 11.3. The van der Waals surface area contributed by atoms with Gasteiger partial charge in [-0.15, -0.1) is 0 Å². The van der Waals surface area contributed by atoms with Gasteiger partial charge in [-0.05, 0) is 60.1 Å². The minimum Gasteiger partial charge on any atom is -0.395 e. The van der Waals surface area contributed by atoms with Crippen molar-refractivity contribution in [2.75, 3.05) is 19.7 Å². The second kappa shape index (κ2) is 9.92. The zero-order chi connectivity index (χ0) is 21.6. The zero-order valence-corrected chi connectivity index (χ0v) is 17.6. The van der Waals surface area contributed by atoms with E-state index in [4.69, 9.17) is 5.21 Å². The molecule has 6 heteroatoms. The highest BCUT2D eigenvalue weighted by molar-refractivity contribution is 5.90. The van der Waals surface area contributed by atoms with Gasteiger partial charge in [-0.25, -0.2) is 5.48 Å². The Morgan fingerprint density at radius 3 is 2.94 bits per heavy atom. The molecule has 3 aromatic rings. The second-order valence-electron chi connectivity index (χ2n) is 8.04. The van der Waals surface area contributed by atoms with Gasteiger partial charge in [-0.3, -0.25) is 14.9 Å². The number of aliphatic hydroxyl groups excluding tert-OH is 1. The number of carbonyl (C=O) groups excluding carboxylic acids is 1. The smallest absolute Gasteiger partial charge is 0.267 e. The molecule has 1 atom stereocenters. The third-order valence-corrected chi connectivity index (χ3v) is 6.16. The third kappa shape index (κ3) is 4.88. The topological polar surface area (TPSA) is 88.6 Å². The molecule has 0 saturated heterocycles. The van der Waals surface area contributed by atoms with E-state index in [0.717, 1.165) is 43.3 Å². The highest BCUT2D eigenvalue weighted by Gasteiger charge is 2.25. The Morgan fingerprint density at radius 1 is 1.23 bits per heavy atom. The van der Waals surface area contributed by atoms with Gasteiger partial charge >= 0.3 is 0 Å². The fraction of sp³-hybridized carbons (Fsp3) is 0.320. The first kappa shape index (κ1) is 21.3. The number of amides is 1. The molecule has 31 heavy (non-hydrogen) atoms. The highest BCUT2D eigenvalue weighted by atomic mass is 16.5. The maximum Gasteiger partial charge on any atom is 0.267 e. The molecule has 1 aromatic heterocycles. The van der Waals surface area contributed by atoms with Crippen LogP contribution in [0.1, 0.15) is 41.1 Å². The number of carbonyl (C=O) groups is 1. The van der Waals surface area contributed by atoms with Crippen LogP contribution >= 0.6 is 0 Å². The van der Waals surface area contributed by atoms with Gasteiger partial charge < -0.3 is 10.1 Å². The van der Waals surface area contributed by atoms with Crippen LogP contribution in [-0.4, -0.2) is 45.8 Å². The molecular weight excluding hydrogens is 390 g/mol. The van der Waals surface area contributed by atoms with E-state index in [1.54, 1.807) is 11.6 Å². The van der Waals surface area contributed by atoms with Gasteiger partial charge in [0.15, 0.2) is 0 Å². The molecule has 0 bridgehead atoms. The lowest BCUT2D eigenvalue weighted by Gasteiger charge is -2.36. The summed E-state index contributed by atoms with van der Waals surface area (Å²) in [5, 5.41) is 19.6. The summed E-state index contributed by atoms with van der Waals surface area (Å²) in [7, 11) is 0. The van der Waals surface area contributed by atoms with Crippen molar-refractivity contribution < 1.29 is 15.1 Å². The molecular formula is C25H29N3O3. The molecule has 0 saturated carbocycles. The monoisotopic (exact) mass is 419 g/mol. The molecule has 162 valence electrons. The molecule has 1 aliphatic carbocycles. The van der Waals surface area contributed by atoms with Crippen LogP contribution in [0.5, 0.6) is 0 Å². The number of para-hydroxylation sites is 1. The number of hydrogen-bond acceptors (Lipinski definition) is 4. The fourth-order valence-electron chi connectivity index (χ4n) is 4.66. The Balaban J connectivity index is 1.52. The number of nitrogens with one attached hydrogen (secondary N) is 2. The predicted molar refractivity (Wildman–Crippen MR) is 122 cm³/mol. The molecule has 1 aliphatic rings. The first-order valence-electron chi connectivity index (χ1n) is 10.8. The van der Waals surface area contributed by atoms with Gasteiger partial charge in [0.05, 0.1) is 6.61 Å². The molecule has 0 fully saturated rings. The first-order chi connectivity index (χ1) is 15.2. The molecule has 6 nitrogen and oxygen atoms in total. The van der Waals surface area contributed by atoms with Gasteiger partial charge in [0.25, 0.3) is 5.91 Å². The predicted octanol–water partition coefficient (Wildman–Crippen LogP) is 3.60. The Hall–Kier alpha value is -2.93. The molecule has 2 aromatic carbocycles. The number of hydrogen-bond donors (Lipinski definition) is 4. The molecule has 0 aliphatic heterocycles. The summed E-state index contributed by atoms with van der Waals surface area (Å²) in [5.41, 5.74) is 7.61. The average molecular weight is 420 g/mol. The quantitative estimate of drug-likeness (QED) is 0.255. The van der Waals surface area contributed by atoms with Gasteiger partial charge in [-0.1, -0.05) is 36.4 Å². The number of benzene rings is 2. The van der Waals surface area contributed by atoms with E-state index in [2.05, 4.69) is 46.4 Å². The van der Waals surface area contributed by atoms with Crippen molar-refractivity contribution >= 4 is 22.9 Å². The fourth-order valence-corrected chi connectivity index (χ4v) is 4.66. The molecule has 0 unspecified atom stereocenters. The number of nitrogens with zero attached hydrogens (tertiary/aromatic N) is 1. The van der Waals surface area contributed by atoms with Crippen molar-refractivity contribution in [1.82, 2.24) is 15.4 Å². The van der Waals surface area contributed by atoms with Crippen LogP contribution in [0.2, 0.25) is 0 Å². The number of hydroxylamine groups is 1. The Labute approximate surface area is 182 Å². The summed E-state index contributed by atoms with van der Waals surface area (Å²) in [5.74, 6) is -0.540. The summed E-state index contributed by atoms with van der Waals surface area (Å²) >= 11 is 0. The standard InChI is InChI=1S/C25H29N3O3/c29-15-14-28(13-12-20-17-26-23-6-2-1-5-21(20)23)24-7-3-4-19-16-18(8-10-22(19)24)9-11-25(30)27-31/h1-2,5-6,8-11,16-17,24,26,29,31H,3-4,7,12-15H2,(H,27,30)/t24-/m1/s1. The molecule has 4 rings (SSSR count). The van der Waals surface area contributed by atoms with E-state index in [1.807, 2.05) is 12.1 Å². The summed E-state index contributed by atoms with van der Waals surface area (Å²) in [6.45, 7) is 1.66. The van der Waals surface area contributed by atoms with Gasteiger partial charge in [0, 0.05) is 42.3 Å². The zero-order valence-electron chi connectivity index (χ0n) is 17.6. The van der Waals surface area contributed by atoms with Crippen molar-refractivity contribution in [2.45, 2.75) is 31.7 Å². The molecule has 1 heterocycles. The van der Waals surface area contributed by atoms with E-state index in [0.29, 0.717) is 6.54 Å². The van der Waals surface area contributed by atoms with Gasteiger partial charge in [-0.2, -0.15) is 0 Å². The summed E-state index contributed by atoms with van der Waals surface area (Å²) in [6, 6.07) is 14.9. The third-order valence-electron chi connectivity index (χ3n) is 6.16. The van der Waals surface area contributed by atoms with Crippen LogP contribution in [-0.2, 0) is 17.6 Å². The van der Waals surface area contributed by atoms with Crippen molar-refractivity contribution in [3.8, 4) is 0 Å². The Morgan fingerprint density at radius 2 is 2.10 bits per heavy atom. The summed E-state index contributed by atoms with van der Waals surface area (Å²) in [4.78, 5) is 17.0. The van der Waals surface area contributed by atoms with Crippen molar-refractivity contribution in [2.24, 2.45) is 0 Å². The Bertz CT molecular complexity index is 1070. The van der Waals surface area contributed by atoms with Crippen molar-refractivity contribution in [3.63, 3.8) is 0 Å². The van der Waals surface area contributed by atoms with Crippen LogP contribution in [0.3, 0.4) is 0 Å². The number of aliphatic hydroxyl groups is 1. The average Bonchev–Trinajstić information content (AvgIpc) is 3.22. The number of aromatic amines is 1. The SMILES string of the molecule is O=C(C=Cc1ccc2c(c1)CCC[C@H]2N(CCO)CCc1c[nH]c2ccccc12)NO. The molecule has 0 radical (unpaired) electrons. The van der Waals surface area contributed by atoms with E-state index in [1.165, 1.54) is 28.2 Å². The normalized spacial score (nSPS) is 16.2. The van der Waals surface area contributed by atoms with Crippen LogP contribution in [0.15, 0.2) is 54.7 Å². The van der Waals surface area contributed by atoms with Gasteiger partial charge in [0.1, 0.15) is 0 Å². The molecule has 1 amide bonds. The summed E-state index contributed by atoms with van der Waals surface area (Å²) < 4.78 is 0. The van der Waals surface area contributed by atoms with Crippen molar-refractivity contribution in [1.29, 1.82) is 0 Å². The van der Waals surface area contributed by atoms with Crippen molar-refractivity contribution in [3.05, 3.63) is 77.0 Å². The number of aromatic nitrogens is 1. The summed E-state index contributed by atoms with van der Waals surface area (Å²) in [6.07, 6.45) is 9.22. The van der Waals surface area contributed by atoms with Crippen LogP contribution in [0.25, 0.3) is 17.0 Å². The van der Waals surface area contributed by atoms with Crippen LogP contribution in [0.4, 0.5) is 0 Å². The van der Waals surface area contributed by atoms with E-state index in [-0.39, 0.29) is 12.6 Å². The molecule has 0 spiro atoms. The second-order valence-corrected chi connectivity index (χ2v) is 8.04. The Kier molecular flexibility index (Phi) is 6.82. The van der Waals surface area contributed by atoms with E-state index >= 15 is 0 Å². The number of fused-ring (bicyclic) bond motifs is 2. The largest absolute Gasteiger partial charge is 0.395 e. The van der Waals surface area contributed by atoms with E-state index in [9.17, 15) is 9.90 Å². The number of aryl methyl sites for hydroxylation is 1. The maximum absolute atomic E-state index is 11.3. The minimum absolute atomic E-state index is 0.136. The van der Waals surface area contributed by atoms with Crippen LogP contribution < -0.4 is 5.48 Å². The number of H-pyrrole nitrogens is 1. The number of rotatable bonds is 8. The highest BCUT2D eigenvalue weighted by Crippen LogP contribution is 2.35. The molecule has 4 N–H and O–H groups in total. The van der Waals surface area contributed by atoms with Crippen LogP contribution in [0, 0.1) is 0 Å². The first-order valence-corrected chi connectivity index (χ1v) is 10.8. The minimum atomic E-state index is -0.540. The van der Waals surface area contributed by atoms with Gasteiger partial charge in [0.2, 0.25) is 0 Å². The lowest BCUT2D eigenvalue weighted by Crippen LogP contribution is -2.35. The van der Waals surface area contributed by atoms with E-state index < -0.39 is 5.91 Å². The lowest BCUT2D eigenvalue weighted by molar-refractivity contribution is -0.124. The lowest BCUT2D eigenvalue weighted by atomic mass is 9.85.